The number of aliphatic hydroxyl groups excluding tert-OH is 1. The molecule has 122 valence electrons. The topological polar surface area (TPSA) is 61.8 Å². The SMILES string of the molecule is COc1ccc(Cl)cc1NC(=O)C(C)N1CCCC(CO)C1. The molecule has 1 fully saturated rings. The van der Waals surface area contributed by atoms with Gasteiger partial charge in [0.05, 0.1) is 18.8 Å². The highest BCUT2D eigenvalue weighted by Gasteiger charge is 2.27. The Hall–Kier alpha value is -1.30. The molecule has 1 saturated heterocycles. The molecule has 0 spiro atoms. The molecule has 2 rings (SSSR count). The number of anilines is 1. The number of nitrogens with zero attached hydrogens (tertiary/aromatic N) is 1. The molecule has 2 atom stereocenters. The lowest BCUT2D eigenvalue weighted by Crippen LogP contribution is -2.47. The van der Waals surface area contributed by atoms with Crippen molar-refractivity contribution in [2.45, 2.75) is 25.8 Å². The summed E-state index contributed by atoms with van der Waals surface area (Å²) in [5.41, 5.74) is 0.572. The van der Waals surface area contributed by atoms with Crippen LogP contribution in [-0.2, 0) is 4.79 Å². The minimum atomic E-state index is -0.266. The zero-order valence-corrected chi connectivity index (χ0v) is 13.8. The molecule has 1 amide bonds. The number of nitrogens with one attached hydrogen (secondary N) is 1. The van der Waals surface area contributed by atoms with Crippen LogP contribution in [-0.4, -0.2) is 48.8 Å². The third-order valence-corrected chi connectivity index (χ3v) is 4.39. The first-order valence-corrected chi connectivity index (χ1v) is 7.92. The molecule has 0 aromatic heterocycles. The summed E-state index contributed by atoms with van der Waals surface area (Å²) in [7, 11) is 1.55. The fraction of sp³-hybridized carbons (Fsp3) is 0.562. The van der Waals surface area contributed by atoms with Crippen molar-refractivity contribution in [2.75, 3.05) is 32.1 Å². The second kappa shape index (κ2) is 7.81. The Morgan fingerprint density at radius 1 is 1.59 bits per heavy atom. The van der Waals surface area contributed by atoms with Crippen molar-refractivity contribution in [2.24, 2.45) is 5.92 Å². The summed E-state index contributed by atoms with van der Waals surface area (Å²) < 4.78 is 5.24. The minimum Gasteiger partial charge on any atom is -0.495 e. The number of carbonyl (C=O) groups excluding carboxylic acids is 1. The normalized spacial score (nSPS) is 20.5. The summed E-state index contributed by atoms with van der Waals surface area (Å²) in [6, 6.07) is 4.86. The molecule has 6 heteroatoms. The fourth-order valence-corrected chi connectivity index (χ4v) is 2.95. The lowest BCUT2D eigenvalue weighted by molar-refractivity contribution is -0.121. The largest absolute Gasteiger partial charge is 0.495 e. The Morgan fingerprint density at radius 3 is 3.05 bits per heavy atom. The molecule has 0 radical (unpaired) electrons. The molecular formula is C16H23ClN2O3. The highest BCUT2D eigenvalue weighted by atomic mass is 35.5. The van der Waals surface area contributed by atoms with E-state index < -0.39 is 0 Å². The predicted octanol–water partition coefficient (Wildman–Crippen LogP) is 2.38. The number of halogens is 1. The van der Waals surface area contributed by atoms with E-state index in [-0.39, 0.29) is 24.5 Å². The standard InChI is InChI=1S/C16H23ClN2O3/c1-11(19-7-3-4-12(9-19)10-20)16(21)18-14-8-13(17)5-6-15(14)22-2/h5-6,8,11-12,20H,3-4,7,9-10H2,1-2H3,(H,18,21). The molecule has 22 heavy (non-hydrogen) atoms. The zero-order valence-electron chi connectivity index (χ0n) is 13.0. The maximum Gasteiger partial charge on any atom is 0.241 e. The number of carbonyl (C=O) groups is 1. The molecule has 2 unspecified atom stereocenters. The average Bonchev–Trinajstić information content (AvgIpc) is 2.54. The van der Waals surface area contributed by atoms with E-state index in [1.165, 1.54) is 0 Å². The van der Waals surface area contributed by atoms with E-state index in [1.807, 2.05) is 6.92 Å². The Balaban J connectivity index is 2.03. The first-order chi connectivity index (χ1) is 10.5. The van der Waals surface area contributed by atoms with Gasteiger partial charge in [0, 0.05) is 18.2 Å². The average molecular weight is 327 g/mol. The smallest absolute Gasteiger partial charge is 0.241 e. The van der Waals surface area contributed by atoms with Crippen molar-refractivity contribution in [3.63, 3.8) is 0 Å². The van der Waals surface area contributed by atoms with Crippen molar-refractivity contribution in [1.29, 1.82) is 0 Å². The number of likely N-dealkylation sites (tertiary alicyclic amines) is 1. The van der Waals surface area contributed by atoms with Gasteiger partial charge in [-0.15, -0.1) is 0 Å². The van der Waals surface area contributed by atoms with Crippen LogP contribution in [0.5, 0.6) is 5.75 Å². The highest BCUT2D eigenvalue weighted by Crippen LogP contribution is 2.28. The number of methoxy groups -OCH3 is 1. The fourth-order valence-electron chi connectivity index (χ4n) is 2.78. The van der Waals surface area contributed by atoms with Gasteiger partial charge in [-0.1, -0.05) is 11.6 Å². The number of piperidine rings is 1. The van der Waals surface area contributed by atoms with Gasteiger partial charge in [0.1, 0.15) is 5.75 Å². The van der Waals surface area contributed by atoms with Crippen LogP contribution in [0.3, 0.4) is 0 Å². The summed E-state index contributed by atoms with van der Waals surface area (Å²) in [4.78, 5) is 14.6. The second-order valence-electron chi connectivity index (χ2n) is 5.70. The summed E-state index contributed by atoms with van der Waals surface area (Å²) in [5.74, 6) is 0.737. The van der Waals surface area contributed by atoms with Crippen molar-refractivity contribution >= 4 is 23.2 Å². The highest BCUT2D eigenvalue weighted by molar-refractivity contribution is 6.31. The van der Waals surface area contributed by atoms with E-state index in [0.29, 0.717) is 16.5 Å². The predicted molar refractivity (Wildman–Crippen MR) is 87.5 cm³/mol. The molecule has 5 nitrogen and oxygen atoms in total. The number of aliphatic hydroxyl groups is 1. The molecule has 1 heterocycles. The minimum absolute atomic E-state index is 0.0980. The Labute approximate surface area is 136 Å². The van der Waals surface area contributed by atoms with Gasteiger partial charge in [-0.2, -0.15) is 0 Å². The van der Waals surface area contributed by atoms with Crippen LogP contribution >= 0.6 is 11.6 Å². The lowest BCUT2D eigenvalue weighted by atomic mass is 9.97. The summed E-state index contributed by atoms with van der Waals surface area (Å²) >= 11 is 5.98. The van der Waals surface area contributed by atoms with E-state index >= 15 is 0 Å². The van der Waals surface area contributed by atoms with Crippen LogP contribution < -0.4 is 10.1 Å². The molecule has 0 aliphatic carbocycles. The molecule has 1 aromatic carbocycles. The van der Waals surface area contributed by atoms with Crippen LogP contribution in [0.1, 0.15) is 19.8 Å². The molecule has 1 aliphatic rings. The molecule has 0 saturated carbocycles. The van der Waals surface area contributed by atoms with E-state index in [9.17, 15) is 9.90 Å². The lowest BCUT2D eigenvalue weighted by Gasteiger charge is -2.35. The van der Waals surface area contributed by atoms with Crippen LogP contribution in [0.15, 0.2) is 18.2 Å². The third-order valence-electron chi connectivity index (χ3n) is 4.16. The Bertz CT molecular complexity index is 524. The quantitative estimate of drug-likeness (QED) is 0.872. The van der Waals surface area contributed by atoms with Crippen molar-refractivity contribution in [1.82, 2.24) is 4.90 Å². The van der Waals surface area contributed by atoms with Gasteiger partial charge in [-0.25, -0.2) is 0 Å². The zero-order chi connectivity index (χ0) is 16.1. The monoisotopic (exact) mass is 326 g/mol. The first-order valence-electron chi connectivity index (χ1n) is 7.54. The van der Waals surface area contributed by atoms with Crippen molar-refractivity contribution < 1.29 is 14.6 Å². The van der Waals surface area contributed by atoms with Crippen molar-refractivity contribution in [3.05, 3.63) is 23.2 Å². The third kappa shape index (κ3) is 4.12. The Morgan fingerprint density at radius 2 is 2.36 bits per heavy atom. The van der Waals surface area contributed by atoms with E-state index in [1.54, 1.807) is 25.3 Å². The van der Waals surface area contributed by atoms with Gasteiger partial charge in [0.2, 0.25) is 5.91 Å². The van der Waals surface area contributed by atoms with Gasteiger partial charge >= 0.3 is 0 Å². The number of hydrogen-bond donors (Lipinski definition) is 2. The maximum atomic E-state index is 12.5. The molecule has 1 aromatic rings. The van der Waals surface area contributed by atoms with Gasteiger partial charge in [0.25, 0.3) is 0 Å². The number of ether oxygens (including phenoxy) is 1. The molecule has 2 N–H and O–H groups in total. The number of hydrogen-bond acceptors (Lipinski definition) is 4. The molecular weight excluding hydrogens is 304 g/mol. The van der Waals surface area contributed by atoms with Crippen LogP contribution in [0.25, 0.3) is 0 Å². The van der Waals surface area contributed by atoms with Gasteiger partial charge in [-0.3, -0.25) is 9.69 Å². The van der Waals surface area contributed by atoms with E-state index in [2.05, 4.69) is 10.2 Å². The van der Waals surface area contributed by atoms with Crippen LogP contribution in [0, 0.1) is 5.92 Å². The Kier molecular flexibility index (Phi) is 6.06. The van der Waals surface area contributed by atoms with Crippen LogP contribution in [0.4, 0.5) is 5.69 Å². The van der Waals surface area contributed by atoms with E-state index in [4.69, 9.17) is 16.3 Å². The van der Waals surface area contributed by atoms with E-state index in [0.717, 1.165) is 25.9 Å². The van der Waals surface area contributed by atoms with Gasteiger partial charge in [-0.05, 0) is 50.4 Å². The second-order valence-corrected chi connectivity index (χ2v) is 6.13. The number of amides is 1. The summed E-state index contributed by atoms with van der Waals surface area (Å²) in [5, 5.41) is 12.7. The molecule has 0 bridgehead atoms. The van der Waals surface area contributed by atoms with Crippen molar-refractivity contribution in [3.8, 4) is 5.75 Å². The van der Waals surface area contributed by atoms with Gasteiger partial charge < -0.3 is 15.2 Å². The van der Waals surface area contributed by atoms with Crippen LogP contribution in [0.2, 0.25) is 5.02 Å². The van der Waals surface area contributed by atoms with Gasteiger partial charge in [0.15, 0.2) is 0 Å². The maximum absolute atomic E-state index is 12.5. The summed E-state index contributed by atoms with van der Waals surface area (Å²) in [6.45, 7) is 3.68. The number of benzene rings is 1. The first kappa shape index (κ1) is 17.1. The summed E-state index contributed by atoms with van der Waals surface area (Å²) in [6.07, 6.45) is 2.02. The molecule has 1 aliphatic heterocycles. The number of rotatable bonds is 5.